The molecule has 0 saturated carbocycles. The van der Waals surface area contributed by atoms with Crippen LogP contribution in [0.3, 0.4) is 0 Å². The molecule has 3 nitrogen and oxygen atoms in total. The zero-order valence-corrected chi connectivity index (χ0v) is 11.1. The molecule has 0 aromatic heterocycles. The second-order valence-corrected chi connectivity index (χ2v) is 4.51. The maximum absolute atomic E-state index is 13.3. The summed E-state index contributed by atoms with van der Waals surface area (Å²) in [7, 11) is 0. The summed E-state index contributed by atoms with van der Waals surface area (Å²) >= 11 is 0. The predicted molar refractivity (Wildman–Crippen MR) is 68.3 cm³/mol. The molecule has 0 heterocycles. The maximum atomic E-state index is 13.3. The van der Waals surface area contributed by atoms with Crippen molar-refractivity contribution < 1.29 is 13.6 Å². The van der Waals surface area contributed by atoms with Gasteiger partial charge >= 0.3 is 0 Å². The van der Waals surface area contributed by atoms with E-state index in [2.05, 4.69) is 5.32 Å². The quantitative estimate of drug-likeness (QED) is 0.885. The number of hydrogen-bond acceptors (Lipinski definition) is 2. The monoisotopic (exact) mass is 278 g/mol. The standard InChI is InChI=1S/C12H16F2N2O.ClH/c1-12(2,7-15)11(17)16-6-8-5-9(13)3-4-10(8)14;/h3-5H,6-7,15H2,1-2H3,(H,16,17);1H. The van der Waals surface area contributed by atoms with Crippen molar-refractivity contribution in [1.82, 2.24) is 5.32 Å². The van der Waals surface area contributed by atoms with Gasteiger partial charge in [0.2, 0.25) is 5.91 Å². The highest BCUT2D eigenvalue weighted by Crippen LogP contribution is 2.14. The van der Waals surface area contributed by atoms with Gasteiger partial charge in [0.05, 0.1) is 5.41 Å². The van der Waals surface area contributed by atoms with E-state index in [1.165, 1.54) is 0 Å². The Balaban J connectivity index is 0.00000289. The second-order valence-electron chi connectivity index (χ2n) is 4.51. The van der Waals surface area contributed by atoms with Crippen molar-refractivity contribution in [2.45, 2.75) is 20.4 Å². The molecule has 0 radical (unpaired) electrons. The van der Waals surface area contributed by atoms with E-state index in [1.54, 1.807) is 13.8 Å². The van der Waals surface area contributed by atoms with Crippen molar-refractivity contribution in [2.24, 2.45) is 11.1 Å². The smallest absolute Gasteiger partial charge is 0.227 e. The number of halogens is 3. The van der Waals surface area contributed by atoms with Crippen LogP contribution in [-0.2, 0) is 11.3 Å². The molecule has 1 aromatic carbocycles. The number of rotatable bonds is 4. The van der Waals surface area contributed by atoms with Gasteiger partial charge in [0.15, 0.2) is 0 Å². The van der Waals surface area contributed by atoms with Gasteiger partial charge in [-0.25, -0.2) is 8.78 Å². The van der Waals surface area contributed by atoms with Gasteiger partial charge in [0.1, 0.15) is 11.6 Å². The Bertz CT molecular complexity index is 425. The summed E-state index contributed by atoms with van der Waals surface area (Å²) in [4.78, 5) is 11.7. The van der Waals surface area contributed by atoms with E-state index in [1.807, 2.05) is 0 Å². The average Bonchev–Trinajstić information content (AvgIpc) is 2.29. The van der Waals surface area contributed by atoms with Crippen LogP contribution >= 0.6 is 12.4 Å². The van der Waals surface area contributed by atoms with Crippen LogP contribution in [0.5, 0.6) is 0 Å². The molecule has 1 amide bonds. The highest BCUT2D eigenvalue weighted by molar-refractivity contribution is 5.85. The van der Waals surface area contributed by atoms with E-state index in [4.69, 9.17) is 5.73 Å². The van der Waals surface area contributed by atoms with Gasteiger partial charge in [0.25, 0.3) is 0 Å². The van der Waals surface area contributed by atoms with E-state index in [-0.39, 0.29) is 37.0 Å². The highest BCUT2D eigenvalue weighted by atomic mass is 35.5. The van der Waals surface area contributed by atoms with Crippen LogP contribution in [0.25, 0.3) is 0 Å². The number of carbonyl (C=O) groups excluding carboxylic acids is 1. The third-order valence-electron chi connectivity index (χ3n) is 2.57. The maximum Gasteiger partial charge on any atom is 0.227 e. The minimum atomic E-state index is -0.718. The lowest BCUT2D eigenvalue weighted by Gasteiger charge is -2.21. The van der Waals surface area contributed by atoms with Gasteiger partial charge in [-0.15, -0.1) is 12.4 Å². The van der Waals surface area contributed by atoms with Gasteiger partial charge in [-0.2, -0.15) is 0 Å². The Hall–Kier alpha value is -1.20. The Kier molecular flexibility index (Phi) is 6.21. The second kappa shape index (κ2) is 6.66. The zero-order chi connectivity index (χ0) is 13.1. The van der Waals surface area contributed by atoms with Crippen molar-refractivity contribution in [2.75, 3.05) is 6.54 Å². The predicted octanol–water partition coefficient (Wildman–Crippen LogP) is 1.99. The van der Waals surface area contributed by atoms with Crippen molar-refractivity contribution in [3.8, 4) is 0 Å². The normalized spacial score (nSPS) is 10.7. The molecule has 0 aliphatic rings. The van der Waals surface area contributed by atoms with E-state index < -0.39 is 17.0 Å². The summed E-state index contributed by atoms with van der Waals surface area (Å²) < 4.78 is 26.1. The topological polar surface area (TPSA) is 55.1 Å². The lowest BCUT2D eigenvalue weighted by molar-refractivity contribution is -0.129. The van der Waals surface area contributed by atoms with E-state index in [0.717, 1.165) is 18.2 Å². The summed E-state index contributed by atoms with van der Waals surface area (Å²) in [6.07, 6.45) is 0. The lowest BCUT2D eigenvalue weighted by atomic mass is 9.92. The van der Waals surface area contributed by atoms with E-state index >= 15 is 0 Å². The van der Waals surface area contributed by atoms with Crippen LogP contribution in [-0.4, -0.2) is 12.5 Å². The number of amides is 1. The van der Waals surface area contributed by atoms with Crippen molar-refractivity contribution in [1.29, 1.82) is 0 Å². The number of carbonyl (C=O) groups is 1. The van der Waals surface area contributed by atoms with Gasteiger partial charge in [-0.05, 0) is 32.0 Å². The molecular weight excluding hydrogens is 262 g/mol. The molecule has 102 valence electrons. The molecule has 0 bridgehead atoms. The molecule has 18 heavy (non-hydrogen) atoms. The van der Waals surface area contributed by atoms with E-state index in [9.17, 15) is 13.6 Å². The fourth-order valence-corrected chi connectivity index (χ4v) is 1.19. The highest BCUT2D eigenvalue weighted by Gasteiger charge is 2.25. The summed E-state index contributed by atoms with van der Waals surface area (Å²) in [5.41, 5.74) is 4.83. The first-order chi connectivity index (χ1) is 7.86. The molecule has 6 heteroatoms. The largest absolute Gasteiger partial charge is 0.351 e. The van der Waals surface area contributed by atoms with Crippen molar-refractivity contribution in [3.63, 3.8) is 0 Å². The zero-order valence-electron chi connectivity index (χ0n) is 10.3. The van der Waals surface area contributed by atoms with Crippen molar-refractivity contribution in [3.05, 3.63) is 35.4 Å². The lowest BCUT2D eigenvalue weighted by Crippen LogP contribution is -2.41. The number of nitrogens with two attached hydrogens (primary N) is 1. The van der Waals surface area contributed by atoms with Crippen molar-refractivity contribution >= 4 is 18.3 Å². The first kappa shape index (κ1) is 16.8. The third kappa shape index (κ3) is 4.23. The fourth-order valence-electron chi connectivity index (χ4n) is 1.19. The van der Waals surface area contributed by atoms with Crippen LogP contribution in [0.2, 0.25) is 0 Å². The molecule has 0 unspecified atom stereocenters. The Labute approximate surface area is 111 Å². The molecule has 0 aliphatic heterocycles. The molecule has 1 rings (SSSR count). The molecule has 0 saturated heterocycles. The summed E-state index contributed by atoms with van der Waals surface area (Å²) in [5, 5.41) is 2.53. The van der Waals surface area contributed by atoms with Crippen LogP contribution in [0.15, 0.2) is 18.2 Å². The fraction of sp³-hybridized carbons (Fsp3) is 0.417. The van der Waals surface area contributed by atoms with Crippen LogP contribution in [0.4, 0.5) is 8.78 Å². The molecular formula is C12H17ClF2N2O. The van der Waals surface area contributed by atoms with Gasteiger partial charge in [-0.3, -0.25) is 4.79 Å². The number of nitrogens with one attached hydrogen (secondary N) is 1. The molecule has 0 atom stereocenters. The Morgan fingerprint density at radius 2 is 2.00 bits per heavy atom. The average molecular weight is 279 g/mol. The molecule has 3 N–H and O–H groups in total. The van der Waals surface area contributed by atoms with Gasteiger partial charge < -0.3 is 11.1 Å². The van der Waals surface area contributed by atoms with Gasteiger partial charge in [-0.1, -0.05) is 0 Å². The summed E-state index contributed by atoms with van der Waals surface area (Å²) in [5.74, 6) is -1.37. The molecule has 0 aliphatic carbocycles. The van der Waals surface area contributed by atoms with Crippen LogP contribution in [0.1, 0.15) is 19.4 Å². The first-order valence-electron chi connectivity index (χ1n) is 5.29. The molecule has 1 aromatic rings. The third-order valence-corrected chi connectivity index (χ3v) is 2.57. The Morgan fingerprint density at radius 3 is 2.56 bits per heavy atom. The summed E-state index contributed by atoms with van der Waals surface area (Å²) in [6.45, 7) is 3.50. The molecule has 0 spiro atoms. The SMILES string of the molecule is CC(C)(CN)C(=O)NCc1cc(F)ccc1F.Cl. The Morgan fingerprint density at radius 1 is 1.39 bits per heavy atom. The first-order valence-corrected chi connectivity index (χ1v) is 5.29. The minimum absolute atomic E-state index is 0. The van der Waals surface area contributed by atoms with Gasteiger partial charge in [0, 0.05) is 18.7 Å². The number of hydrogen-bond donors (Lipinski definition) is 2. The van der Waals surface area contributed by atoms with Crippen LogP contribution < -0.4 is 11.1 Å². The minimum Gasteiger partial charge on any atom is -0.351 e. The number of benzene rings is 1. The summed E-state index contributed by atoms with van der Waals surface area (Å²) in [6, 6.07) is 3.13. The van der Waals surface area contributed by atoms with Crippen LogP contribution in [0, 0.1) is 17.0 Å². The van der Waals surface area contributed by atoms with E-state index in [0.29, 0.717) is 0 Å². The molecule has 0 fully saturated rings.